The molecule has 5 nitrogen and oxygen atoms in total. The van der Waals surface area contributed by atoms with E-state index in [1.807, 2.05) is 16.7 Å². The minimum atomic E-state index is -0.370. The first-order valence-electron chi connectivity index (χ1n) is 8.30. The highest BCUT2D eigenvalue weighted by atomic mass is 79.9. The molecular weight excluding hydrogens is 428 g/mol. The number of benzene rings is 2. The van der Waals surface area contributed by atoms with E-state index in [1.165, 1.54) is 11.3 Å². The molecule has 0 aliphatic heterocycles. The van der Waals surface area contributed by atoms with Crippen LogP contribution in [-0.4, -0.2) is 23.1 Å². The minimum Gasteiger partial charge on any atom is -0.462 e. The number of carbonyl (C=O) groups is 2. The number of carbonyl (C=O) groups excluding carboxylic acids is 2. The van der Waals surface area contributed by atoms with Crippen LogP contribution in [0, 0.1) is 0 Å². The van der Waals surface area contributed by atoms with Gasteiger partial charge in [-0.25, -0.2) is 4.79 Å². The van der Waals surface area contributed by atoms with E-state index in [9.17, 15) is 9.59 Å². The van der Waals surface area contributed by atoms with Crippen molar-refractivity contribution in [3.05, 3.63) is 75.5 Å². The standard InChI is InChI=1S/C20H17BrN2O3S/c1-3-11-23-16-10-9-13(19(25)26-4-2)12-17(16)27-20(23)22-18(24)14-7-5-6-8-15(14)21/h3,5-10,12H,1,4,11H2,2H3. The van der Waals surface area contributed by atoms with Crippen molar-refractivity contribution in [1.82, 2.24) is 4.57 Å². The molecule has 3 aromatic rings. The number of nitrogens with zero attached hydrogens (tertiary/aromatic N) is 2. The second kappa shape index (κ2) is 8.45. The maximum absolute atomic E-state index is 12.6. The Morgan fingerprint density at radius 1 is 1.30 bits per heavy atom. The monoisotopic (exact) mass is 444 g/mol. The van der Waals surface area contributed by atoms with Gasteiger partial charge in [0.05, 0.1) is 28.0 Å². The number of hydrogen-bond donors (Lipinski definition) is 0. The van der Waals surface area contributed by atoms with Crippen molar-refractivity contribution in [2.24, 2.45) is 4.99 Å². The third-order valence-electron chi connectivity index (χ3n) is 3.81. The second-order valence-corrected chi connectivity index (χ2v) is 7.45. The summed E-state index contributed by atoms with van der Waals surface area (Å²) in [5.41, 5.74) is 1.85. The number of aromatic nitrogens is 1. The lowest BCUT2D eigenvalue weighted by Gasteiger charge is -2.03. The fourth-order valence-corrected chi connectivity index (χ4v) is 4.12. The minimum absolute atomic E-state index is 0.318. The number of amides is 1. The SMILES string of the molecule is C=CCn1c(=NC(=O)c2ccccc2Br)sc2cc(C(=O)OCC)ccc21. The van der Waals surface area contributed by atoms with Crippen molar-refractivity contribution in [3.8, 4) is 0 Å². The van der Waals surface area contributed by atoms with Gasteiger partial charge >= 0.3 is 5.97 Å². The lowest BCUT2D eigenvalue weighted by Crippen LogP contribution is -2.16. The Kier molecular flexibility index (Phi) is 6.03. The van der Waals surface area contributed by atoms with Gasteiger partial charge in [-0.2, -0.15) is 4.99 Å². The van der Waals surface area contributed by atoms with Gasteiger partial charge in [-0.3, -0.25) is 4.79 Å². The van der Waals surface area contributed by atoms with Gasteiger partial charge in [-0.1, -0.05) is 29.5 Å². The molecule has 0 aliphatic rings. The average molecular weight is 445 g/mol. The highest BCUT2D eigenvalue weighted by Gasteiger charge is 2.13. The zero-order valence-corrected chi connectivity index (χ0v) is 17.0. The van der Waals surface area contributed by atoms with Crippen molar-refractivity contribution >= 4 is 49.4 Å². The van der Waals surface area contributed by atoms with Gasteiger partial charge in [-0.05, 0) is 53.2 Å². The summed E-state index contributed by atoms with van der Waals surface area (Å²) in [6, 6.07) is 12.5. The molecule has 0 fully saturated rings. The Morgan fingerprint density at radius 2 is 2.07 bits per heavy atom. The summed E-state index contributed by atoms with van der Waals surface area (Å²) in [5, 5.41) is 0. The highest BCUT2D eigenvalue weighted by Crippen LogP contribution is 2.21. The number of allylic oxidation sites excluding steroid dienone is 1. The van der Waals surface area contributed by atoms with Gasteiger partial charge < -0.3 is 9.30 Å². The molecule has 0 unspecified atom stereocenters. The molecule has 1 amide bonds. The smallest absolute Gasteiger partial charge is 0.338 e. The third kappa shape index (κ3) is 4.09. The van der Waals surface area contributed by atoms with Crippen LogP contribution < -0.4 is 4.80 Å². The number of esters is 1. The van der Waals surface area contributed by atoms with Crippen LogP contribution in [0.5, 0.6) is 0 Å². The van der Waals surface area contributed by atoms with Gasteiger partial charge in [0.2, 0.25) is 0 Å². The molecule has 2 aromatic carbocycles. The van der Waals surface area contributed by atoms with Crippen molar-refractivity contribution in [2.75, 3.05) is 6.61 Å². The van der Waals surface area contributed by atoms with Crippen LogP contribution in [-0.2, 0) is 11.3 Å². The highest BCUT2D eigenvalue weighted by molar-refractivity contribution is 9.10. The van der Waals surface area contributed by atoms with E-state index in [2.05, 4.69) is 27.5 Å². The fraction of sp³-hybridized carbons (Fsp3) is 0.150. The Hall–Kier alpha value is -2.51. The normalized spacial score (nSPS) is 11.6. The summed E-state index contributed by atoms with van der Waals surface area (Å²) < 4.78 is 8.50. The Labute approximate surface area is 168 Å². The fourth-order valence-electron chi connectivity index (χ4n) is 2.59. The van der Waals surface area contributed by atoms with Crippen LogP contribution in [0.1, 0.15) is 27.6 Å². The summed E-state index contributed by atoms with van der Waals surface area (Å²) in [4.78, 5) is 29.5. The maximum atomic E-state index is 12.6. The van der Waals surface area contributed by atoms with Crippen LogP contribution in [0.15, 0.2) is 64.6 Å². The van der Waals surface area contributed by atoms with Gasteiger partial charge in [-0.15, -0.1) is 6.58 Å². The van der Waals surface area contributed by atoms with E-state index in [0.717, 1.165) is 10.2 Å². The molecule has 1 aromatic heterocycles. The number of fused-ring (bicyclic) bond motifs is 1. The lowest BCUT2D eigenvalue weighted by atomic mass is 10.2. The summed E-state index contributed by atoms with van der Waals surface area (Å²) in [6.07, 6.45) is 1.74. The molecule has 0 bridgehead atoms. The van der Waals surface area contributed by atoms with Crippen molar-refractivity contribution in [2.45, 2.75) is 13.5 Å². The number of hydrogen-bond acceptors (Lipinski definition) is 4. The Balaban J connectivity index is 2.12. The van der Waals surface area contributed by atoms with Crippen LogP contribution >= 0.6 is 27.3 Å². The predicted molar refractivity (Wildman–Crippen MR) is 110 cm³/mol. The second-order valence-electron chi connectivity index (χ2n) is 5.58. The van der Waals surface area contributed by atoms with E-state index in [0.29, 0.717) is 33.6 Å². The summed E-state index contributed by atoms with van der Waals surface area (Å²) in [6.45, 7) is 6.37. The molecule has 3 rings (SSSR count). The maximum Gasteiger partial charge on any atom is 0.338 e. The molecule has 0 saturated heterocycles. The van der Waals surface area contributed by atoms with Gasteiger partial charge in [0.15, 0.2) is 4.80 Å². The summed E-state index contributed by atoms with van der Waals surface area (Å²) in [7, 11) is 0. The van der Waals surface area contributed by atoms with E-state index < -0.39 is 0 Å². The van der Waals surface area contributed by atoms with Crippen molar-refractivity contribution in [3.63, 3.8) is 0 Å². The zero-order valence-electron chi connectivity index (χ0n) is 14.6. The molecule has 0 N–H and O–H groups in total. The third-order valence-corrected chi connectivity index (χ3v) is 5.54. The van der Waals surface area contributed by atoms with Gasteiger partial charge in [0.25, 0.3) is 5.91 Å². The molecule has 0 saturated carbocycles. The van der Waals surface area contributed by atoms with Gasteiger partial charge in [0.1, 0.15) is 0 Å². The molecule has 1 heterocycles. The number of halogens is 1. The van der Waals surface area contributed by atoms with E-state index in [1.54, 1.807) is 43.3 Å². The molecule has 27 heavy (non-hydrogen) atoms. The summed E-state index contributed by atoms with van der Waals surface area (Å²) >= 11 is 4.73. The van der Waals surface area contributed by atoms with Crippen LogP contribution in [0.4, 0.5) is 0 Å². The van der Waals surface area contributed by atoms with Crippen LogP contribution in [0.3, 0.4) is 0 Å². The van der Waals surface area contributed by atoms with Gasteiger partial charge in [0, 0.05) is 11.0 Å². The van der Waals surface area contributed by atoms with Crippen molar-refractivity contribution < 1.29 is 14.3 Å². The molecule has 0 atom stereocenters. The molecule has 7 heteroatoms. The van der Waals surface area contributed by atoms with Crippen LogP contribution in [0.25, 0.3) is 10.2 Å². The topological polar surface area (TPSA) is 60.7 Å². The Morgan fingerprint density at radius 3 is 2.78 bits per heavy atom. The molecular formula is C20H17BrN2O3S. The van der Waals surface area contributed by atoms with Crippen molar-refractivity contribution in [1.29, 1.82) is 0 Å². The quantitative estimate of drug-likeness (QED) is 0.427. The first-order chi connectivity index (χ1) is 13.0. The zero-order chi connectivity index (χ0) is 19.4. The average Bonchev–Trinajstić information content (AvgIpc) is 2.99. The lowest BCUT2D eigenvalue weighted by molar-refractivity contribution is 0.0526. The number of ether oxygens (including phenoxy) is 1. The first-order valence-corrected chi connectivity index (χ1v) is 9.91. The predicted octanol–water partition coefficient (Wildman–Crippen LogP) is 4.57. The van der Waals surface area contributed by atoms with E-state index in [4.69, 9.17) is 4.74 Å². The van der Waals surface area contributed by atoms with E-state index >= 15 is 0 Å². The molecule has 138 valence electrons. The van der Waals surface area contributed by atoms with Crippen LogP contribution in [0.2, 0.25) is 0 Å². The number of thiazole rings is 1. The molecule has 0 radical (unpaired) electrons. The van der Waals surface area contributed by atoms with E-state index in [-0.39, 0.29) is 11.9 Å². The number of rotatable bonds is 5. The first kappa shape index (κ1) is 19.3. The molecule has 0 spiro atoms. The summed E-state index contributed by atoms with van der Waals surface area (Å²) in [5.74, 6) is -0.705. The Bertz CT molecular complexity index is 1100. The molecule has 0 aliphatic carbocycles. The largest absolute Gasteiger partial charge is 0.462 e.